The van der Waals surface area contributed by atoms with E-state index >= 15 is 0 Å². The first-order valence-electron chi connectivity index (χ1n) is 8.19. The molecule has 0 atom stereocenters. The van der Waals surface area contributed by atoms with Crippen molar-refractivity contribution in [1.29, 1.82) is 0 Å². The van der Waals surface area contributed by atoms with Gasteiger partial charge in [-0.3, -0.25) is 4.79 Å². The first kappa shape index (κ1) is 16.9. The molecule has 1 N–H and O–H groups in total. The van der Waals surface area contributed by atoms with Crippen LogP contribution < -0.4 is 5.32 Å². The quantitative estimate of drug-likeness (QED) is 0.549. The normalized spacial score (nSPS) is 10.8. The van der Waals surface area contributed by atoms with E-state index in [1.54, 1.807) is 4.52 Å². The van der Waals surface area contributed by atoms with Crippen molar-refractivity contribution in [3.05, 3.63) is 41.6 Å². The van der Waals surface area contributed by atoms with Crippen molar-refractivity contribution >= 4 is 17.6 Å². The van der Waals surface area contributed by atoms with E-state index in [9.17, 15) is 4.79 Å². The first-order valence-corrected chi connectivity index (χ1v) is 8.19. The summed E-state index contributed by atoms with van der Waals surface area (Å²) in [6.07, 6.45) is 1.05. The van der Waals surface area contributed by atoms with Gasteiger partial charge in [0.15, 0.2) is 5.82 Å². The molecular weight excluding hydrogens is 318 g/mol. The van der Waals surface area contributed by atoms with Crippen LogP contribution in [-0.2, 0) is 9.53 Å². The predicted octanol–water partition coefficient (Wildman–Crippen LogP) is 2.77. The molecule has 0 spiro atoms. The van der Waals surface area contributed by atoms with Crippen LogP contribution in [0.5, 0.6) is 0 Å². The molecule has 3 rings (SSSR count). The van der Waals surface area contributed by atoms with Gasteiger partial charge in [0.25, 0.3) is 5.78 Å². The molecule has 0 unspecified atom stereocenters. The summed E-state index contributed by atoms with van der Waals surface area (Å²) in [5.74, 6) is 1.79. The molecule has 7 heteroatoms. The molecule has 0 radical (unpaired) electrons. The first-order chi connectivity index (χ1) is 12.1. The lowest BCUT2D eigenvalue weighted by atomic mass is 10.1. The maximum Gasteiger partial charge on any atom is 0.305 e. The van der Waals surface area contributed by atoms with Gasteiger partial charge in [-0.1, -0.05) is 24.3 Å². The van der Waals surface area contributed by atoms with E-state index in [-0.39, 0.29) is 5.97 Å². The van der Waals surface area contributed by atoms with E-state index < -0.39 is 0 Å². The Labute approximate surface area is 146 Å². The van der Waals surface area contributed by atoms with Crippen molar-refractivity contribution in [1.82, 2.24) is 19.6 Å². The monoisotopic (exact) mass is 339 g/mol. The number of aromatic nitrogens is 4. The Bertz CT molecular complexity index is 904. The summed E-state index contributed by atoms with van der Waals surface area (Å²) in [6.45, 7) is 4.58. The summed E-state index contributed by atoms with van der Waals surface area (Å²) in [4.78, 5) is 20.2. The molecule has 3 aromatic rings. The highest BCUT2D eigenvalue weighted by molar-refractivity contribution is 5.69. The van der Waals surface area contributed by atoms with E-state index in [0.717, 1.165) is 22.6 Å². The number of nitrogens with one attached hydrogen (secondary N) is 1. The number of rotatable bonds is 6. The van der Waals surface area contributed by atoms with Crippen LogP contribution in [0.1, 0.15) is 24.1 Å². The summed E-state index contributed by atoms with van der Waals surface area (Å²) >= 11 is 0. The Morgan fingerprint density at radius 3 is 2.80 bits per heavy atom. The number of ether oxygens (including phenoxy) is 1. The van der Waals surface area contributed by atoms with Crippen LogP contribution in [0.3, 0.4) is 0 Å². The zero-order chi connectivity index (χ0) is 17.8. The number of esters is 1. The highest BCUT2D eigenvalue weighted by Crippen LogP contribution is 2.21. The highest BCUT2D eigenvalue weighted by atomic mass is 16.5. The lowest BCUT2D eigenvalue weighted by Gasteiger charge is -2.08. The van der Waals surface area contributed by atoms with E-state index in [1.165, 1.54) is 7.11 Å². The third kappa shape index (κ3) is 3.76. The van der Waals surface area contributed by atoms with Crippen molar-refractivity contribution < 1.29 is 9.53 Å². The van der Waals surface area contributed by atoms with Gasteiger partial charge in [-0.25, -0.2) is 4.98 Å². The summed E-state index contributed by atoms with van der Waals surface area (Å²) in [5, 5.41) is 7.90. The summed E-state index contributed by atoms with van der Waals surface area (Å²) in [5.41, 5.74) is 2.96. The Kier molecular flexibility index (Phi) is 4.92. The zero-order valence-electron chi connectivity index (χ0n) is 14.6. The van der Waals surface area contributed by atoms with Crippen LogP contribution in [0.4, 0.5) is 5.82 Å². The van der Waals surface area contributed by atoms with Crippen LogP contribution in [0.2, 0.25) is 0 Å². The molecule has 0 aliphatic carbocycles. The van der Waals surface area contributed by atoms with E-state index in [0.29, 0.717) is 31.0 Å². The van der Waals surface area contributed by atoms with E-state index in [1.807, 2.05) is 44.2 Å². The fourth-order valence-corrected chi connectivity index (χ4v) is 2.60. The maximum absolute atomic E-state index is 11.2. The second-order valence-electron chi connectivity index (χ2n) is 5.85. The lowest BCUT2D eigenvalue weighted by Crippen LogP contribution is -2.10. The number of hydrogen-bond donors (Lipinski definition) is 1. The molecule has 0 saturated heterocycles. The van der Waals surface area contributed by atoms with Crippen LogP contribution in [0, 0.1) is 13.8 Å². The summed E-state index contributed by atoms with van der Waals surface area (Å²) in [7, 11) is 1.40. The minimum Gasteiger partial charge on any atom is -0.469 e. The SMILES string of the molecule is COC(=O)CCCNc1cc(C)nc2nc(-c3ccccc3C)nn12. The molecule has 0 aliphatic rings. The van der Waals surface area contributed by atoms with E-state index in [4.69, 9.17) is 0 Å². The van der Waals surface area contributed by atoms with Gasteiger partial charge in [-0.2, -0.15) is 9.50 Å². The minimum absolute atomic E-state index is 0.208. The largest absolute Gasteiger partial charge is 0.469 e. The standard InChI is InChI=1S/C18H21N5O2/c1-12-7-4-5-8-14(12)17-21-18-20-13(2)11-15(23(18)22-17)19-10-6-9-16(24)25-3/h4-5,7-8,11,19H,6,9-10H2,1-3H3. The van der Waals surface area contributed by atoms with Crippen LogP contribution in [0.25, 0.3) is 17.2 Å². The molecule has 1 aromatic carbocycles. The number of fused-ring (bicyclic) bond motifs is 1. The Morgan fingerprint density at radius 2 is 2.04 bits per heavy atom. The van der Waals surface area contributed by atoms with Crippen LogP contribution in [-0.4, -0.2) is 39.2 Å². The molecular formula is C18H21N5O2. The average molecular weight is 339 g/mol. The number of carbonyl (C=O) groups excluding carboxylic acids is 1. The van der Waals surface area contributed by atoms with Crippen molar-refractivity contribution in [3.63, 3.8) is 0 Å². The smallest absolute Gasteiger partial charge is 0.305 e. The van der Waals surface area contributed by atoms with Crippen molar-refractivity contribution in [2.24, 2.45) is 0 Å². The maximum atomic E-state index is 11.2. The van der Waals surface area contributed by atoms with Gasteiger partial charge in [-0.15, -0.1) is 5.10 Å². The van der Waals surface area contributed by atoms with Crippen LogP contribution in [0.15, 0.2) is 30.3 Å². The lowest BCUT2D eigenvalue weighted by molar-refractivity contribution is -0.140. The Morgan fingerprint density at radius 1 is 1.24 bits per heavy atom. The molecule has 2 aromatic heterocycles. The number of aryl methyl sites for hydroxylation is 2. The summed E-state index contributed by atoms with van der Waals surface area (Å²) in [6, 6.07) is 9.91. The second kappa shape index (κ2) is 7.29. The highest BCUT2D eigenvalue weighted by Gasteiger charge is 2.12. The summed E-state index contributed by atoms with van der Waals surface area (Å²) < 4.78 is 6.35. The van der Waals surface area contributed by atoms with Crippen LogP contribution >= 0.6 is 0 Å². The molecule has 7 nitrogen and oxygen atoms in total. The fourth-order valence-electron chi connectivity index (χ4n) is 2.60. The van der Waals surface area contributed by atoms with Crippen molar-refractivity contribution in [2.75, 3.05) is 19.0 Å². The van der Waals surface area contributed by atoms with Crippen molar-refractivity contribution in [2.45, 2.75) is 26.7 Å². The fraction of sp³-hybridized carbons (Fsp3) is 0.333. The molecule has 0 aliphatic heterocycles. The van der Waals surface area contributed by atoms with Gasteiger partial charge >= 0.3 is 5.97 Å². The minimum atomic E-state index is -0.208. The molecule has 0 fully saturated rings. The van der Waals surface area contributed by atoms with Gasteiger partial charge in [0, 0.05) is 30.3 Å². The number of carbonyl (C=O) groups is 1. The number of nitrogens with zero attached hydrogens (tertiary/aromatic N) is 4. The van der Waals surface area contributed by atoms with E-state index in [2.05, 4.69) is 25.1 Å². The predicted molar refractivity (Wildman–Crippen MR) is 95.4 cm³/mol. The number of methoxy groups -OCH3 is 1. The molecule has 2 heterocycles. The van der Waals surface area contributed by atoms with Gasteiger partial charge in [0.05, 0.1) is 7.11 Å². The zero-order valence-corrected chi connectivity index (χ0v) is 14.6. The third-order valence-electron chi connectivity index (χ3n) is 3.92. The molecule has 0 saturated carbocycles. The molecule has 0 amide bonds. The van der Waals surface area contributed by atoms with Gasteiger partial charge in [-0.05, 0) is 25.8 Å². The number of anilines is 1. The Hall–Kier alpha value is -2.96. The second-order valence-corrected chi connectivity index (χ2v) is 5.85. The Balaban J connectivity index is 1.86. The van der Waals surface area contributed by atoms with Gasteiger partial charge in [0.1, 0.15) is 5.82 Å². The number of benzene rings is 1. The van der Waals surface area contributed by atoms with Gasteiger partial charge < -0.3 is 10.1 Å². The number of hydrogen-bond acceptors (Lipinski definition) is 6. The van der Waals surface area contributed by atoms with Gasteiger partial charge in [0.2, 0.25) is 0 Å². The topological polar surface area (TPSA) is 81.4 Å². The van der Waals surface area contributed by atoms with Crippen molar-refractivity contribution in [3.8, 4) is 11.4 Å². The third-order valence-corrected chi connectivity index (χ3v) is 3.92. The average Bonchev–Trinajstić information content (AvgIpc) is 3.02. The molecule has 25 heavy (non-hydrogen) atoms. The molecule has 130 valence electrons. The molecule has 0 bridgehead atoms.